The first-order valence-corrected chi connectivity index (χ1v) is 4.44. The highest BCUT2D eigenvalue weighted by molar-refractivity contribution is 5.49. The third-order valence-corrected chi connectivity index (χ3v) is 1.78. The van der Waals surface area contributed by atoms with Gasteiger partial charge in [-0.15, -0.1) is 5.92 Å². The lowest BCUT2D eigenvalue weighted by Crippen LogP contribution is -1.98. The standard InChI is InChI=1S/C12H15N/c1-4-5-6-13-12-8-10(2)7-11(3)9-12/h7-9,13H,6H2,1-3H3. The first-order chi connectivity index (χ1) is 6.22. The third kappa shape index (κ3) is 3.21. The maximum atomic E-state index is 3.25. The maximum absolute atomic E-state index is 3.25. The van der Waals surface area contributed by atoms with E-state index < -0.39 is 0 Å². The number of benzene rings is 1. The largest absolute Gasteiger partial charge is 0.374 e. The van der Waals surface area contributed by atoms with Crippen molar-refractivity contribution >= 4 is 5.69 Å². The Balaban J connectivity index is 2.69. The van der Waals surface area contributed by atoms with Crippen molar-refractivity contribution in [3.63, 3.8) is 0 Å². The summed E-state index contributed by atoms with van der Waals surface area (Å²) in [6.45, 7) is 6.77. The molecule has 1 N–H and O–H groups in total. The lowest BCUT2D eigenvalue weighted by atomic mass is 10.1. The zero-order valence-corrected chi connectivity index (χ0v) is 8.44. The summed E-state index contributed by atoms with van der Waals surface area (Å²) in [6, 6.07) is 6.42. The van der Waals surface area contributed by atoms with Crippen LogP contribution in [0.15, 0.2) is 18.2 Å². The van der Waals surface area contributed by atoms with Crippen LogP contribution in [0, 0.1) is 25.7 Å². The van der Waals surface area contributed by atoms with Crippen molar-refractivity contribution < 1.29 is 0 Å². The van der Waals surface area contributed by atoms with Gasteiger partial charge in [-0.3, -0.25) is 0 Å². The van der Waals surface area contributed by atoms with E-state index in [1.54, 1.807) is 0 Å². The molecule has 0 saturated carbocycles. The number of nitrogens with one attached hydrogen (secondary N) is 1. The second-order valence-electron chi connectivity index (χ2n) is 3.16. The normalized spacial score (nSPS) is 8.85. The molecule has 0 heterocycles. The highest BCUT2D eigenvalue weighted by atomic mass is 14.8. The van der Waals surface area contributed by atoms with Gasteiger partial charge in [0.1, 0.15) is 0 Å². The van der Waals surface area contributed by atoms with E-state index in [9.17, 15) is 0 Å². The van der Waals surface area contributed by atoms with Gasteiger partial charge in [0.15, 0.2) is 0 Å². The van der Waals surface area contributed by atoms with Gasteiger partial charge in [-0.05, 0) is 44.0 Å². The minimum atomic E-state index is 0.722. The second kappa shape index (κ2) is 4.57. The molecule has 0 atom stereocenters. The van der Waals surface area contributed by atoms with Crippen LogP contribution < -0.4 is 5.32 Å². The predicted octanol–water partition coefficient (Wildman–Crippen LogP) is 2.74. The lowest BCUT2D eigenvalue weighted by molar-refractivity contribution is 1.32. The molecule has 0 bridgehead atoms. The van der Waals surface area contributed by atoms with E-state index >= 15 is 0 Å². The summed E-state index contributed by atoms with van der Waals surface area (Å²) in [5.74, 6) is 5.83. The molecule has 0 amide bonds. The molecular weight excluding hydrogens is 158 g/mol. The minimum absolute atomic E-state index is 0.722. The smallest absolute Gasteiger partial charge is 0.0765 e. The minimum Gasteiger partial charge on any atom is -0.374 e. The van der Waals surface area contributed by atoms with E-state index in [2.05, 4.69) is 49.2 Å². The Morgan fingerprint density at radius 3 is 2.31 bits per heavy atom. The topological polar surface area (TPSA) is 12.0 Å². The molecule has 0 aliphatic heterocycles. The van der Waals surface area contributed by atoms with Crippen LogP contribution >= 0.6 is 0 Å². The Bertz CT molecular complexity index is 322. The Hall–Kier alpha value is -1.42. The molecule has 0 radical (unpaired) electrons. The van der Waals surface area contributed by atoms with Gasteiger partial charge in [0.25, 0.3) is 0 Å². The zero-order chi connectivity index (χ0) is 9.68. The third-order valence-electron chi connectivity index (χ3n) is 1.78. The monoisotopic (exact) mass is 173 g/mol. The van der Waals surface area contributed by atoms with E-state index in [0.717, 1.165) is 12.2 Å². The summed E-state index contributed by atoms with van der Waals surface area (Å²) in [5.41, 5.74) is 3.72. The first kappa shape index (κ1) is 9.67. The molecule has 0 aliphatic rings. The van der Waals surface area contributed by atoms with Gasteiger partial charge < -0.3 is 5.32 Å². The van der Waals surface area contributed by atoms with Crippen LogP contribution in [-0.4, -0.2) is 6.54 Å². The average molecular weight is 173 g/mol. The van der Waals surface area contributed by atoms with E-state index in [1.807, 2.05) is 6.92 Å². The number of hydrogen-bond acceptors (Lipinski definition) is 1. The van der Waals surface area contributed by atoms with Gasteiger partial charge in [0.05, 0.1) is 6.54 Å². The molecule has 0 fully saturated rings. The van der Waals surface area contributed by atoms with Crippen LogP contribution in [0.1, 0.15) is 18.1 Å². The number of hydrogen-bond donors (Lipinski definition) is 1. The van der Waals surface area contributed by atoms with Gasteiger partial charge in [0.2, 0.25) is 0 Å². The fraction of sp³-hybridized carbons (Fsp3) is 0.333. The highest BCUT2D eigenvalue weighted by Gasteiger charge is 1.92. The molecule has 1 aromatic carbocycles. The van der Waals surface area contributed by atoms with Gasteiger partial charge in [-0.25, -0.2) is 0 Å². The molecule has 0 aliphatic carbocycles. The Morgan fingerprint density at radius 2 is 1.77 bits per heavy atom. The maximum Gasteiger partial charge on any atom is 0.0765 e. The number of anilines is 1. The second-order valence-corrected chi connectivity index (χ2v) is 3.16. The fourth-order valence-electron chi connectivity index (χ4n) is 1.31. The van der Waals surface area contributed by atoms with E-state index in [4.69, 9.17) is 0 Å². The summed E-state index contributed by atoms with van der Waals surface area (Å²) in [7, 11) is 0. The fourth-order valence-corrected chi connectivity index (χ4v) is 1.31. The van der Waals surface area contributed by atoms with Crippen LogP contribution in [0.25, 0.3) is 0 Å². The first-order valence-electron chi connectivity index (χ1n) is 4.44. The van der Waals surface area contributed by atoms with Crippen LogP contribution in [0.2, 0.25) is 0 Å². The Labute approximate surface area is 80.2 Å². The van der Waals surface area contributed by atoms with E-state index in [1.165, 1.54) is 11.1 Å². The van der Waals surface area contributed by atoms with Crippen molar-refractivity contribution in [2.24, 2.45) is 0 Å². The van der Waals surface area contributed by atoms with Crippen molar-refractivity contribution in [1.82, 2.24) is 0 Å². The van der Waals surface area contributed by atoms with Crippen molar-refractivity contribution in [2.45, 2.75) is 20.8 Å². The molecule has 1 heteroatoms. The average Bonchev–Trinajstić information content (AvgIpc) is 2.03. The molecule has 0 unspecified atom stereocenters. The molecule has 0 saturated heterocycles. The van der Waals surface area contributed by atoms with Crippen molar-refractivity contribution in [3.8, 4) is 11.8 Å². The number of aryl methyl sites for hydroxylation is 2. The summed E-state index contributed by atoms with van der Waals surface area (Å²) in [5, 5.41) is 3.25. The van der Waals surface area contributed by atoms with Crippen LogP contribution in [0.3, 0.4) is 0 Å². The van der Waals surface area contributed by atoms with Crippen LogP contribution in [0.5, 0.6) is 0 Å². The molecule has 1 rings (SSSR count). The summed E-state index contributed by atoms with van der Waals surface area (Å²) < 4.78 is 0. The summed E-state index contributed by atoms with van der Waals surface area (Å²) >= 11 is 0. The van der Waals surface area contributed by atoms with E-state index in [-0.39, 0.29) is 0 Å². The lowest BCUT2D eigenvalue weighted by Gasteiger charge is -2.04. The van der Waals surface area contributed by atoms with Crippen molar-refractivity contribution in [1.29, 1.82) is 0 Å². The van der Waals surface area contributed by atoms with Gasteiger partial charge in [-0.2, -0.15) is 0 Å². The van der Waals surface area contributed by atoms with Gasteiger partial charge >= 0.3 is 0 Å². The molecule has 68 valence electrons. The van der Waals surface area contributed by atoms with Gasteiger partial charge in [0, 0.05) is 5.69 Å². The molecule has 0 aromatic heterocycles. The number of rotatable bonds is 2. The highest BCUT2D eigenvalue weighted by Crippen LogP contribution is 2.12. The Morgan fingerprint density at radius 1 is 1.15 bits per heavy atom. The summed E-state index contributed by atoms with van der Waals surface area (Å²) in [4.78, 5) is 0. The van der Waals surface area contributed by atoms with E-state index in [0.29, 0.717) is 0 Å². The van der Waals surface area contributed by atoms with Crippen LogP contribution in [0.4, 0.5) is 5.69 Å². The zero-order valence-electron chi connectivity index (χ0n) is 8.44. The van der Waals surface area contributed by atoms with Crippen molar-refractivity contribution in [2.75, 3.05) is 11.9 Å². The quantitative estimate of drug-likeness (QED) is 0.678. The van der Waals surface area contributed by atoms with Gasteiger partial charge in [-0.1, -0.05) is 12.0 Å². The molecular formula is C12H15N. The Kier molecular flexibility index (Phi) is 3.40. The van der Waals surface area contributed by atoms with Crippen molar-refractivity contribution in [3.05, 3.63) is 29.3 Å². The molecule has 0 spiro atoms. The predicted molar refractivity (Wildman–Crippen MR) is 57.9 cm³/mol. The molecule has 1 nitrogen and oxygen atoms in total. The molecule has 1 aromatic rings. The summed E-state index contributed by atoms with van der Waals surface area (Å²) in [6.07, 6.45) is 0. The van der Waals surface area contributed by atoms with Crippen LogP contribution in [-0.2, 0) is 0 Å². The molecule has 13 heavy (non-hydrogen) atoms. The SMILES string of the molecule is CC#CCNc1cc(C)cc(C)c1.